The molecule has 33 heavy (non-hydrogen) atoms. The number of amides is 2. The van der Waals surface area contributed by atoms with Crippen LogP contribution in [0.25, 0.3) is 11.3 Å². The lowest BCUT2D eigenvalue weighted by molar-refractivity contribution is -0.117. The van der Waals surface area contributed by atoms with E-state index in [9.17, 15) is 14.0 Å². The highest BCUT2D eigenvalue weighted by Gasteiger charge is 2.27. The number of halogens is 1. The molecule has 1 unspecified atom stereocenters. The average Bonchev–Trinajstić information content (AvgIpc) is 3.49. The molecular formula is C26H27FN2O4. The van der Waals surface area contributed by atoms with E-state index >= 15 is 0 Å². The number of anilines is 1. The maximum atomic E-state index is 14.1. The highest BCUT2D eigenvalue weighted by Crippen LogP contribution is 2.26. The van der Waals surface area contributed by atoms with Gasteiger partial charge in [0.15, 0.2) is 5.76 Å². The summed E-state index contributed by atoms with van der Waals surface area (Å²) in [5.41, 5.74) is 3.03. The van der Waals surface area contributed by atoms with Gasteiger partial charge in [-0.1, -0.05) is 24.3 Å². The van der Waals surface area contributed by atoms with Crippen LogP contribution >= 0.6 is 0 Å². The molecule has 2 aromatic carbocycles. The maximum absolute atomic E-state index is 14.1. The number of carbonyl (C=O) groups is 2. The Bertz CT molecular complexity index is 1150. The van der Waals surface area contributed by atoms with Crippen molar-refractivity contribution in [2.45, 2.75) is 32.8 Å². The quantitative estimate of drug-likeness (QED) is 0.552. The van der Waals surface area contributed by atoms with Crippen molar-refractivity contribution in [3.8, 4) is 11.3 Å². The number of nitrogens with zero attached hydrogens (tertiary/aromatic N) is 1. The van der Waals surface area contributed by atoms with Crippen molar-refractivity contribution in [3.63, 3.8) is 0 Å². The van der Waals surface area contributed by atoms with E-state index in [1.165, 1.54) is 17.0 Å². The lowest BCUT2D eigenvalue weighted by Crippen LogP contribution is -2.42. The molecule has 1 aliphatic rings. The van der Waals surface area contributed by atoms with Crippen LogP contribution in [-0.2, 0) is 9.53 Å². The van der Waals surface area contributed by atoms with Crippen LogP contribution in [0.3, 0.4) is 0 Å². The predicted molar refractivity (Wildman–Crippen MR) is 124 cm³/mol. The first-order valence-electron chi connectivity index (χ1n) is 11.0. The Labute approximate surface area is 192 Å². The number of furan rings is 1. The third-order valence-electron chi connectivity index (χ3n) is 5.90. The average molecular weight is 451 g/mol. The molecule has 0 radical (unpaired) electrons. The Morgan fingerprint density at radius 2 is 1.91 bits per heavy atom. The summed E-state index contributed by atoms with van der Waals surface area (Å²) >= 11 is 0. The molecule has 1 fully saturated rings. The number of hydrogen-bond acceptors (Lipinski definition) is 4. The van der Waals surface area contributed by atoms with Gasteiger partial charge in [0, 0.05) is 18.8 Å². The Hall–Kier alpha value is -3.45. The van der Waals surface area contributed by atoms with Crippen molar-refractivity contribution in [1.29, 1.82) is 0 Å². The van der Waals surface area contributed by atoms with E-state index in [2.05, 4.69) is 5.32 Å². The summed E-state index contributed by atoms with van der Waals surface area (Å²) in [6, 6.07) is 15.0. The van der Waals surface area contributed by atoms with Gasteiger partial charge in [0.25, 0.3) is 5.91 Å². The van der Waals surface area contributed by atoms with Gasteiger partial charge in [0.05, 0.1) is 11.7 Å². The van der Waals surface area contributed by atoms with Gasteiger partial charge in [-0.25, -0.2) is 4.39 Å². The SMILES string of the molecule is Cc1cccc(NC(=O)CN(CC2CCCO2)C(=O)c2ccc(-c3ccccc3F)o2)c1C. The van der Waals surface area contributed by atoms with Crippen molar-refractivity contribution in [3.05, 3.63) is 77.3 Å². The summed E-state index contributed by atoms with van der Waals surface area (Å²) in [6.45, 7) is 4.67. The van der Waals surface area contributed by atoms with Crippen LogP contribution < -0.4 is 5.32 Å². The van der Waals surface area contributed by atoms with Crippen LogP contribution in [0.4, 0.5) is 10.1 Å². The Morgan fingerprint density at radius 3 is 2.67 bits per heavy atom. The number of hydrogen-bond donors (Lipinski definition) is 1. The first-order chi connectivity index (χ1) is 15.9. The monoisotopic (exact) mass is 450 g/mol. The van der Waals surface area contributed by atoms with Gasteiger partial charge in [-0.2, -0.15) is 0 Å². The van der Waals surface area contributed by atoms with Crippen molar-refractivity contribution in [2.24, 2.45) is 0 Å². The second-order valence-corrected chi connectivity index (χ2v) is 8.26. The van der Waals surface area contributed by atoms with Gasteiger partial charge < -0.3 is 19.4 Å². The predicted octanol–water partition coefficient (Wildman–Crippen LogP) is 4.96. The zero-order valence-corrected chi connectivity index (χ0v) is 18.8. The third-order valence-corrected chi connectivity index (χ3v) is 5.90. The molecule has 172 valence electrons. The fourth-order valence-corrected chi connectivity index (χ4v) is 3.92. The van der Waals surface area contributed by atoms with Gasteiger partial charge in [0.2, 0.25) is 5.91 Å². The minimum absolute atomic E-state index is 0.0470. The minimum atomic E-state index is -0.441. The van der Waals surface area contributed by atoms with E-state index < -0.39 is 11.7 Å². The molecule has 1 atom stereocenters. The normalized spacial score (nSPS) is 15.4. The fraction of sp³-hybridized carbons (Fsp3) is 0.308. The molecule has 6 nitrogen and oxygen atoms in total. The molecule has 7 heteroatoms. The van der Waals surface area contributed by atoms with Crippen molar-refractivity contribution in [2.75, 3.05) is 25.0 Å². The maximum Gasteiger partial charge on any atom is 0.290 e. The summed E-state index contributed by atoms with van der Waals surface area (Å²) in [6.07, 6.45) is 1.60. The van der Waals surface area contributed by atoms with E-state index in [1.807, 2.05) is 32.0 Å². The van der Waals surface area contributed by atoms with E-state index in [0.29, 0.717) is 12.3 Å². The van der Waals surface area contributed by atoms with Crippen LogP contribution in [-0.4, -0.2) is 42.5 Å². The van der Waals surface area contributed by atoms with Crippen molar-refractivity contribution < 1.29 is 23.1 Å². The lowest BCUT2D eigenvalue weighted by Gasteiger charge is -2.24. The first kappa shape index (κ1) is 22.7. The number of benzene rings is 2. The summed E-state index contributed by atoms with van der Waals surface area (Å²) in [4.78, 5) is 27.5. The van der Waals surface area contributed by atoms with Crippen molar-refractivity contribution >= 4 is 17.5 Å². The molecule has 2 heterocycles. The molecule has 1 aliphatic heterocycles. The van der Waals surface area contributed by atoms with Crippen LogP contribution in [0.15, 0.2) is 59.0 Å². The summed E-state index contributed by atoms with van der Waals surface area (Å²) in [5, 5.41) is 2.90. The Kier molecular flexibility index (Phi) is 6.89. The van der Waals surface area contributed by atoms with Crippen molar-refractivity contribution in [1.82, 2.24) is 4.90 Å². The molecule has 4 rings (SSSR count). The minimum Gasteiger partial charge on any atom is -0.451 e. The number of carbonyl (C=O) groups excluding carboxylic acids is 2. The van der Waals surface area contributed by atoms with Gasteiger partial charge in [-0.05, 0) is 68.1 Å². The fourth-order valence-electron chi connectivity index (χ4n) is 3.92. The van der Waals surface area contributed by atoms with E-state index in [-0.39, 0.29) is 42.2 Å². The highest BCUT2D eigenvalue weighted by molar-refractivity contribution is 5.98. The largest absolute Gasteiger partial charge is 0.451 e. The van der Waals surface area contributed by atoms with Crippen LogP contribution in [0.1, 0.15) is 34.5 Å². The molecule has 3 aromatic rings. The molecule has 0 spiro atoms. The number of rotatable bonds is 7. The Balaban J connectivity index is 1.52. The van der Waals surface area contributed by atoms with Gasteiger partial charge in [0.1, 0.15) is 18.1 Å². The van der Waals surface area contributed by atoms with Crippen LogP contribution in [0.2, 0.25) is 0 Å². The molecule has 0 saturated carbocycles. The van der Waals surface area contributed by atoms with Crippen LogP contribution in [0, 0.1) is 19.7 Å². The topological polar surface area (TPSA) is 71.8 Å². The molecule has 0 bridgehead atoms. The summed E-state index contributed by atoms with van der Waals surface area (Å²) < 4.78 is 25.5. The third kappa shape index (κ3) is 5.31. The lowest BCUT2D eigenvalue weighted by atomic mass is 10.1. The number of aryl methyl sites for hydroxylation is 1. The van der Waals surface area contributed by atoms with E-state index in [0.717, 1.165) is 24.0 Å². The van der Waals surface area contributed by atoms with E-state index in [4.69, 9.17) is 9.15 Å². The number of ether oxygens (including phenoxy) is 1. The smallest absolute Gasteiger partial charge is 0.290 e. The molecule has 1 aromatic heterocycles. The molecule has 2 amide bonds. The molecule has 1 saturated heterocycles. The van der Waals surface area contributed by atoms with Crippen LogP contribution in [0.5, 0.6) is 0 Å². The molecular weight excluding hydrogens is 423 g/mol. The molecule has 0 aliphatic carbocycles. The zero-order valence-electron chi connectivity index (χ0n) is 18.8. The first-order valence-corrected chi connectivity index (χ1v) is 11.0. The standard InChI is InChI=1S/C26H27FN2O4/c1-17-7-5-11-22(18(17)2)28-25(30)16-29(15-19-8-6-14-32-19)26(31)24-13-12-23(33-24)20-9-3-4-10-21(20)27/h3-5,7,9-13,19H,6,8,14-16H2,1-2H3,(H,28,30). The second kappa shape index (κ2) is 10.0. The highest BCUT2D eigenvalue weighted by atomic mass is 19.1. The molecule has 1 N–H and O–H groups in total. The second-order valence-electron chi connectivity index (χ2n) is 8.26. The summed E-state index contributed by atoms with van der Waals surface area (Å²) in [5.74, 6) is -0.880. The summed E-state index contributed by atoms with van der Waals surface area (Å²) in [7, 11) is 0. The zero-order chi connectivity index (χ0) is 23.4. The van der Waals surface area contributed by atoms with Gasteiger partial charge in [-0.15, -0.1) is 0 Å². The number of nitrogens with one attached hydrogen (secondary N) is 1. The van der Waals surface area contributed by atoms with E-state index in [1.54, 1.807) is 24.3 Å². The van der Waals surface area contributed by atoms with Gasteiger partial charge >= 0.3 is 0 Å². The van der Waals surface area contributed by atoms with Gasteiger partial charge in [-0.3, -0.25) is 9.59 Å². The Morgan fingerprint density at radius 1 is 1.09 bits per heavy atom.